The van der Waals surface area contributed by atoms with E-state index in [4.69, 9.17) is 14.1 Å². The van der Waals surface area contributed by atoms with E-state index < -0.39 is 0 Å². The van der Waals surface area contributed by atoms with Crippen LogP contribution >= 0.6 is 0 Å². The van der Waals surface area contributed by atoms with Crippen LogP contribution in [0.5, 0.6) is 11.5 Å². The zero-order valence-electron chi connectivity index (χ0n) is 14.6. The molecule has 0 aliphatic carbocycles. The molecule has 0 fully saturated rings. The van der Waals surface area contributed by atoms with Crippen LogP contribution in [0.15, 0.2) is 88.3 Å². The summed E-state index contributed by atoms with van der Waals surface area (Å²) in [5.41, 5.74) is 2.46. The van der Waals surface area contributed by atoms with E-state index in [9.17, 15) is 5.11 Å². The number of phenols is 1. The molecule has 0 aliphatic rings. The van der Waals surface area contributed by atoms with Gasteiger partial charge in [-0.2, -0.15) is 0 Å². The van der Waals surface area contributed by atoms with Gasteiger partial charge in [-0.3, -0.25) is 0 Å². The molecule has 0 saturated heterocycles. The van der Waals surface area contributed by atoms with Crippen molar-refractivity contribution in [1.29, 1.82) is 0 Å². The van der Waals surface area contributed by atoms with Gasteiger partial charge >= 0.3 is 0 Å². The van der Waals surface area contributed by atoms with Crippen molar-refractivity contribution in [2.45, 2.75) is 0 Å². The number of rotatable bonds is 3. The van der Waals surface area contributed by atoms with Crippen LogP contribution in [0.2, 0.25) is 0 Å². The average molecular weight is 379 g/mol. The van der Waals surface area contributed by atoms with Crippen molar-refractivity contribution in [3.05, 3.63) is 84.2 Å². The van der Waals surface area contributed by atoms with Crippen LogP contribution in [0.1, 0.15) is 0 Å². The number of hydrogen-bond donors (Lipinski definition) is 1. The van der Waals surface area contributed by atoms with E-state index >= 15 is 0 Å². The minimum atomic E-state index is 0. The highest BCUT2D eigenvalue weighted by atomic mass is 35.5. The lowest BCUT2D eigenvalue weighted by molar-refractivity contribution is -0.00000699. The molecular formula is C22H17ClNO3-. The van der Waals surface area contributed by atoms with Crippen LogP contribution in [0.4, 0.5) is 5.69 Å². The lowest BCUT2D eigenvalue weighted by Gasteiger charge is -2.05. The van der Waals surface area contributed by atoms with E-state index in [-0.39, 0.29) is 18.2 Å². The lowest BCUT2D eigenvalue weighted by Crippen LogP contribution is -3.00. The smallest absolute Gasteiger partial charge is 0.136 e. The summed E-state index contributed by atoms with van der Waals surface area (Å²) in [6.45, 7) is 0. The molecular weight excluding hydrogens is 362 g/mol. The summed E-state index contributed by atoms with van der Waals surface area (Å²) in [5.74, 6) is 1.70. The molecule has 1 heterocycles. The van der Waals surface area contributed by atoms with Gasteiger partial charge in [0.15, 0.2) is 0 Å². The molecule has 1 aromatic heterocycles. The Kier molecular flexibility index (Phi) is 5.48. The molecule has 136 valence electrons. The van der Waals surface area contributed by atoms with E-state index in [2.05, 4.69) is 0 Å². The summed E-state index contributed by atoms with van der Waals surface area (Å²) < 4.78 is 11.2. The van der Waals surface area contributed by atoms with Gasteiger partial charge in [0, 0.05) is 17.0 Å². The first-order valence-corrected chi connectivity index (χ1v) is 8.24. The first-order valence-electron chi connectivity index (χ1n) is 8.24. The number of benzene rings is 3. The van der Waals surface area contributed by atoms with Gasteiger partial charge in [-0.25, -0.2) is 4.99 Å². The van der Waals surface area contributed by atoms with E-state index in [1.54, 1.807) is 19.2 Å². The molecule has 0 spiro atoms. The van der Waals surface area contributed by atoms with E-state index in [1.165, 1.54) is 0 Å². The normalized spacial score (nSPS) is 11.2. The van der Waals surface area contributed by atoms with Crippen LogP contribution in [0.3, 0.4) is 0 Å². The summed E-state index contributed by atoms with van der Waals surface area (Å²) in [6, 6.07) is 24.2. The van der Waals surface area contributed by atoms with Crippen LogP contribution < -0.4 is 22.5 Å². The monoisotopic (exact) mass is 378 g/mol. The lowest BCUT2D eigenvalue weighted by atomic mass is 10.1. The fourth-order valence-corrected chi connectivity index (χ4v) is 2.77. The molecule has 1 N–H and O–H groups in total. The molecule has 27 heavy (non-hydrogen) atoms. The quantitative estimate of drug-likeness (QED) is 0.593. The number of phenolic OH excluding ortho intramolecular Hbond substituents is 1. The molecule has 4 rings (SSSR count). The maximum absolute atomic E-state index is 9.51. The summed E-state index contributed by atoms with van der Waals surface area (Å²) in [5, 5.41) is 11.3. The number of hydrogen-bond acceptors (Lipinski definition) is 4. The fourth-order valence-electron chi connectivity index (χ4n) is 2.77. The SMILES string of the molecule is COc1ccc(N=c2cc(-c3ccc(O)cc3)oc3ccccc23)cc1.[Cl-]. The third kappa shape index (κ3) is 3.96. The van der Waals surface area contributed by atoms with Crippen molar-refractivity contribution in [2.24, 2.45) is 4.99 Å². The van der Waals surface area contributed by atoms with E-state index in [1.807, 2.05) is 66.7 Å². The molecule has 0 unspecified atom stereocenters. The van der Waals surface area contributed by atoms with Crippen molar-refractivity contribution in [3.63, 3.8) is 0 Å². The highest BCUT2D eigenvalue weighted by Crippen LogP contribution is 2.24. The van der Waals surface area contributed by atoms with Gasteiger partial charge < -0.3 is 26.7 Å². The van der Waals surface area contributed by atoms with Gasteiger partial charge in [-0.05, 0) is 60.7 Å². The predicted molar refractivity (Wildman–Crippen MR) is 102 cm³/mol. The summed E-state index contributed by atoms with van der Waals surface area (Å²) >= 11 is 0. The maximum atomic E-state index is 9.51. The number of fused-ring (bicyclic) bond motifs is 1. The van der Waals surface area contributed by atoms with Gasteiger partial charge in [-0.15, -0.1) is 0 Å². The predicted octanol–water partition coefficient (Wildman–Crippen LogP) is 2.05. The van der Waals surface area contributed by atoms with E-state index in [0.717, 1.165) is 33.3 Å². The van der Waals surface area contributed by atoms with Gasteiger partial charge in [-0.1, -0.05) is 12.1 Å². The molecule has 3 aromatic carbocycles. The molecule has 0 saturated carbocycles. The molecule has 5 heteroatoms. The highest BCUT2D eigenvalue weighted by Gasteiger charge is 2.06. The Morgan fingerprint density at radius 1 is 0.889 bits per heavy atom. The minimum absolute atomic E-state index is 0. The van der Waals surface area contributed by atoms with E-state index in [0.29, 0.717) is 5.76 Å². The summed E-state index contributed by atoms with van der Waals surface area (Å²) in [4.78, 5) is 4.78. The third-order valence-corrected chi connectivity index (χ3v) is 4.12. The van der Waals surface area contributed by atoms with Crippen molar-refractivity contribution < 1.29 is 26.7 Å². The Morgan fingerprint density at radius 2 is 1.59 bits per heavy atom. The number of methoxy groups -OCH3 is 1. The summed E-state index contributed by atoms with van der Waals surface area (Å²) in [6.07, 6.45) is 0. The first-order chi connectivity index (χ1) is 12.7. The molecule has 4 nitrogen and oxygen atoms in total. The Labute approximate surface area is 162 Å². The van der Waals surface area contributed by atoms with Crippen molar-refractivity contribution in [2.75, 3.05) is 7.11 Å². The number of nitrogens with zero attached hydrogens (tertiary/aromatic N) is 1. The summed E-state index contributed by atoms with van der Waals surface area (Å²) in [7, 11) is 1.64. The minimum Gasteiger partial charge on any atom is -1.00 e. The Hall–Kier alpha value is -3.24. The maximum Gasteiger partial charge on any atom is 0.136 e. The molecule has 0 aliphatic heterocycles. The second kappa shape index (κ2) is 7.98. The van der Waals surface area contributed by atoms with Crippen molar-refractivity contribution in [1.82, 2.24) is 0 Å². The fraction of sp³-hybridized carbons (Fsp3) is 0.0455. The molecule has 0 atom stereocenters. The second-order valence-electron chi connectivity index (χ2n) is 5.85. The highest BCUT2D eigenvalue weighted by molar-refractivity contribution is 5.78. The van der Waals surface area contributed by atoms with Gasteiger partial charge in [0.1, 0.15) is 22.8 Å². The Bertz CT molecular complexity index is 1120. The standard InChI is InChI=1S/C22H17NO3.ClH/c1-25-18-12-8-16(9-13-18)23-20-14-22(15-6-10-17(24)11-7-15)26-21-5-3-2-4-19(20)21;/h2-14,24H,1H3;1H/p-1. The van der Waals surface area contributed by atoms with Crippen LogP contribution in [-0.4, -0.2) is 12.2 Å². The number of para-hydroxylation sites is 1. The third-order valence-electron chi connectivity index (χ3n) is 4.12. The van der Waals surface area contributed by atoms with Gasteiger partial charge in [0.25, 0.3) is 0 Å². The Morgan fingerprint density at radius 3 is 2.30 bits per heavy atom. The van der Waals surface area contributed by atoms with Crippen molar-refractivity contribution >= 4 is 16.7 Å². The number of aromatic hydroxyl groups is 1. The number of ether oxygens (including phenoxy) is 1. The number of halogens is 1. The van der Waals surface area contributed by atoms with Crippen molar-refractivity contribution in [3.8, 4) is 22.8 Å². The zero-order chi connectivity index (χ0) is 17.9. The molecule has 0 bridgehead atoms. The molecule has 0 radical (unpaired) electrons. The second-order valence-corrected chi connectivity index (χ2v) is 5.85. The van der Waals surface area contributed by atoms with Crippen LogP contribution in [-0.2, 0) is 0 Å². The van der Waals surface area contributed by atoms with Crippen LogP contribution in [0, 0.1) is 0 Å². The zero-order valence-corrected chi connectivity index (χ0v) is 15.4. The van der Waals surface area contributed by atoms with Crippen LogP contribution in [0.25, 0.3) is 22.3 Å². The molecule has 4 aromatic rings. The first kappa shape index (κ1) is 18.5. The Balaban J connectivity index is 0.00000210. The topological polar surface area (TPSA) is 55.0 Å². The largest absolute Gasteiger partial charge is 1.00 e. The average Bonchev–Trinajstić information content (AvgIpc) is 2.69. The van der Waals surface area contributed by atoms with Gasteiger partial charge in [0.2, 0.25) is 0 Å². The van der Waals surface area contributed by atoms with Gasteiger partial charge in [0.05, 0.1) is 18.2 Å². The molecule has 0 amide bonds.